The van der Waals surface area contributed by atoms with E-state index in [0.29, 0.717) is 18.7 Å². The molecule has 0 saturated carbocycles. The first-order chi connectivity index (χ1) is 12.4. The predicted molar refractivity (Wildman–Crippen MR) is 103 cm³/mol. The first kappa shape index (κ1) is 18.6. The molecule has 0 spiro atoms. The molecule has 1 aliphatic rings. The average Bonchev–Trinajstić information content (AvgIpc) is 3.18. The van der Waals surface area contributed by atoms with Gasteiger partial charge >= 0.3 is 0 Å². The minimum Gasteiger partial charge on any atom is -0.306 e. The van der Waals surface area contributed by atoms with Gasteiger partial charge in [-0.15, -0.1) is 0 Å². The molecule has 0 N–H and O–H groups in total. The minimum atomic E-state index is -3.54. The monoisotopic (exact) mass is 372 g/mol. The lowest BCUT2D eigenvalue weighted by Gasteiger charge is -2.27. The lowest BCUT2D eigenvalue weighted by Crippen LogP contribution is -2.37. The number of amides is 1. The van der Waals surface area contributed by atoms with Gasteiger partial charge in [0.25, 0.3) is 5.91 Å². The van der Waals surface area contributed by atoms with Crippen LogP contribution >= 0.6 is 0 Å². The summed E-state index contributed by atoms with van der Waals surface area (Å²) in [6.45, 7) is 4.97. The van der Waals surface area contributed by atoms with E-state index in [9.17, 15) is 13.2 Å². The Hall–Kier alpha value is -2.18. The summed E-state index contributed by atoms with van der Waals surface area (Å²) >= 11 is 0. The Bertz CT molecular complexity index is 873. The highest BCUT2D eigenvalue weighted by atomic mass is 32.2. The van der Waals surface area contributed by atoms with Crippen molar-refractivity contribution in [1.82, 2.24) is 4.31 Å². The van der Waals surface area contributed by atoms with Crippen LogP contribution in [0.1, 0.15) is 37.0 Å². The lowest BCUT2D eigenvalue weighted by molar-refractivity contribution is 0.0980. The normalized spacial score (nSPS) is 15.3. The van der Waals surface area contributed by atoms with Gasteiger partial charge in [0.2, 0.25) is 10.0 Å². The molecule has 0 bridgehead atoms. The molecule has 1 fully saturated rings. The van der Waals surface area contributed by atoms with Crippen molar-refractivity contribution in [3.63, 3.8) is 0 Å². The van der Waals surface area contributed by atoms with Crippen molar-refractivity contribution in [3.8, 4) is 0 Å². The van der Waals surface area contributed by atoms with Crippen LogP contribution in [-0.2, 0) is 10.0 Å². The van der Waals surface area contributed by atoms with Gasteiger partial charge in [-0.2, -0.15) is 4.31 Å². The highest BCUT2D eigenvalue weighted by Crippen LogP contribution is 2.24. The van der Waals surface area contributed by atoms with Gasteiger partial charge in [0.15, 0.2) is 0 Å². The molecule has 138 valence electrons. The predicted octanol–water partition coefficient (Wildman–Crippen LogP) is 3.53. The number of nitrogens with zero attached hydrogens (tertiary/aromatic N) is 2. The van der Waals surface area contributed by atoms with Crippen molar-refractivity contribution in [2.24, 2.45) is 0 Å². The summed E-state index contributed by atoms with van der Waals surface area (Å²) in [6, 6.07) is 15.7. The van der Waals surface area contributed by atoms with Crippen molar-refractivity contribution >= 4 is 21.6 Å². The summed E-state index contributed by atoms with van der Waals surface area (Å²) in [5.41, 5.74) is 1.17. The van der Waals surface area contributed by atoms with Gasteiger partial charge < -0.3 is 4.90 Å². The number of carbonyl (C=O) groups is 1. The van der Waals surface area contributed by atoms with E-state index in [1.54, 1.807) is 23.1 Å². The Labute approximate surface area is 155 Å². The number of hydrogen-bond donors (Lipinski definition) is 0. The van der Waals surface area contributed by atoms with Gasteiger partial charge in [-0.3, -0.25) is 4.79 Å². The number of benzene rings is 2. The van der Waals surface area contributed by atoms with Crippen LogP contribution in [0.4, 0.5) is 5.69 Å². The third kappa shape index (κ3) is 3.66. The fraction of sp³-hybridized carbons (Fsp3) is 0.350. The Kier molecular flexibility index (Phi) is 5.44. The largest absolute Gasteiger partial charge is 0.306 e. The number of hydrogen-bond acceptors (Lipinski definition) is 3. The van der Waals surface area contributed by atoms with E-state index in [0.717, 1.165) is 18.5 Å². The Morgan fingerprint density at radius 3 is 2.27 bits per heavy atom. The maximum atomic E-state index is 13.1. The van der Waals surface area contributed by atoms with Gasteiger partial charge in [-0.1, -0.05) is 24.3 Å². The molecule has 6 heteroatoms. The van der Waals surface area contributed by atoms with Crippen molar-refractivity contribution < 1.29 is 13.2 Å². The maximum Gasteiger partial charge on any atom is 0.258 e. The smallest absolute Gasteiger partial charge is 0.258 e. The molecule has 0 atom stereocenters. The average molecular weight is 372 g/mol. The number of anilines is 1. The van der Waals surface area contributed by atoms with Crippen LogP contribution in [0.2, 0.25) is 0 Å². The van der Waals surface area contributed by atoms with Gasteiger partial charge in [-0.05, 0) is 57.0 Å². The molecule has 2 aromatic rings. The molecule has 26 heavy (non-hydrogen) atoms. The van der Waals surface area contributed by atoms with Crippen LogP contribution in [0.5, 0.6) is 0 Å². The molecule has 3 rings (SSSR count). The first-order valence-electron chi connectivity index (χ1n) is 8.90. The molecule has 1 aliphatic heterocycles. The van der Waals surface area contributed by atoms with E-state index in [4.69, 9.17) is 0 Å². The molecule has 1 amide bonds. The van der Waals surface area contributed by atoms with Crippen LogP contribution < -0.4 is 4.90 Å². The van der Waals surface area contributed by atoms with E-state index < -0.39 is 10.0 Å². The lowest BCUT2D eigenvalue weighted by atomic mass is 10.1. The Morgan fingerprint density at radius 1 is 1.00 bits per heavy atom. The maximum absolute atomic E-state index is 13.1. The van der Waals surface area contributed by atoms with Crippen molar-refractivity contribution in [2.45, 2.75) is 37.6 Å². The molecule has 2 aromatic carbocycles. The zero-order valence-electron chi connectivity index (χ0n) is 15.1. The number of carbonyl (C=O) groups excluding carboxylic acids is 1. The molecule has 1 heterocycles. The fourth-order valence-corrected chi connectivity index (χ4v) is 4.81. The van der Waals surface area contributed by atoms with Crippen LogP contribution in [-0.4, -0.2) is 37.8 Å². The van der Waals surface area contributed by atoms with E-state index in [2.05, 4.69) is 0 Å². The zero-order chi connectivity index (χ0) is 18.7. The second kappa shape index (κ2) is 7.60. The molecule has 0 aromatic heterocycles. The number of sulfonamides is 1. The van der Waals surface area contributed by atoms with E-state index >= 15 is 0 Å². The summed E-state index contributed by atoms with van der Waals surface area (Å²) in [7, 11) is -3.54. The molecule has 1 saturated heterocycles. The highest BCUT2D eigenvalue weighted by Gasteiger charge is 2.28. The van der Waals surface area contributed by atoms with Crippen LogP contribution in [0, 0.1) is 0 Å². The SMILES string of the molecule is CC(C)N(C(=O)c1cccc(S(=O)(=O)N2CCCC2)c1)c1ccccc1. The van der Waals surface area contributed by atoms with Gasteiger partial charge in [0.1, 0.15) is 0 Å². The summed E-state index contributed by atoms with van der Waals surface area (Å²) in [5, 5.41) is 0. The van der Waals surface area contributed by atoms with E-state index in [-0.39, 0.29) is 16.8 Å². The summed E-state index contributed by atoms with van der Waals surface area (Å²) in [4.78, 5) is 15.0. The number of para-hydroxylation sites is 1. The third-order valence-corrected chi connectivity index (χ3v) is 6.45. The highest BCUT2D eigenvalue weighted by molar-refractivity contribution is 7.89. The van der Waals surface area contributed by atoms with Gasteiger partial charge in [0.05, 0.1) is 4.90 Å². The van der Waals surface area contributed by atoms with E-state index in [1.165, 1.54) is 10.4 Å². The third-order valence-electron chi connectivity index (χ3n) is 4.55. The summed E-state index contributed by atoms with van der Waals surface area (Å²) in [5.74, 6) is -0.204. The summed E-state index contributed by atoms with van der Waals surface area (Å²) < 4.78 is 27.1. The van der Waals surface area contributed by atoms with Crippen molar-refractivity contribution in [1.29, 1.82) is 0 Å². The van der Waals surface area contributed by atoms with Crippen molar-refractivity contribution in [3.05, 3.63) is 60.2 Å². The quantitative estimate of drug-likeness (QED) is 0.807. The standard InChI is InChI=1S/C20H24N2O3S/c1-16(2)22(18-10-4-3-5-11-18)20(23)17-9-8-12-19(15-17)26(24,25)21-13-6-7-14-21/h3-5,8-12,15-16H,6-7,13-14H2,1-2H3. The van der Waals surface area contributed by atoms with Crippen LogP contribution in [0.15, 0.2) is 59.5 Å². The Balaban J connectivity index is 1.95. The minimum absolute atomic E-state index is 0.0521. The molecule has 0 aliphatic carbocycles. The molecular weight excluding hydrogens is 348 g/mol. The second-order valence-electron chi connectivity index (χ2n) is 6.74. The Morgan fingerprint density at radius 2 is 1.65 bits per heavy atom. The first-order valence-corrected chi connectivity index (χ1v) is 10.3. The van der Waals surface area contributed by atoms with Crippen molar-refractivity contribution in [2.75, 3.05) is 18.0 Å². The van der Waals surface area contributed by atoms with Crippen LogP contribution in [0.3, 0.4) is 0 Å². The topological polar surface area (TPSA) is 57.7 Å². The zero-order valence-corrected chi connectivity index (χ0v) is 15.9. The van der Waals surface area contributed by atoms with E-state index in [1.807, 2.05) is 44.2 Å². The molecular formula is C20H24N2O3S. The molecule has 5 nitrogen and oxygen atoms in total. The van der Waals surface area contributed by atoms with Crippen LogP contribution in [0.25, 0.3) is 0 Å². The molecule has 0 unspecified atom stereocenters. The van der Waals surface area contributed by atoms with Gasteiger partial charge in [0, 0.05) is 30.4 Å². The second-order valence-corrected chi connectivity index (χ2v) is 8.68. The number of rotatable bonds is 5. The van der Waals surface area contributed by atoms with Gasteiger partial charge in [-0.25, -0.2) is 8.42 Å². The summed E-state index contributed by atoms with van der Waals surface area (Å²) in [6.07, 6.45) is 1.76. The fourth-order valence-electron chi connectivity index (χ4n) is 3.24. The molecule has 0 radical (unpaired) electrons.